The number of esters is 2. The molecule has 7 nitrogen and oxygen atoms in total. The van der Waals surface area contributed by atoms with Gasteiger partial charge in [-0.25, -0.2) is 9.59 Å². The van der Waals surface area contributed by atoms with E-state index in [9.17, 15) is 22.6 Å². The lowest BCUT2D eigenvalue weighted by atomic mass is 10.1. The monoisotopic (exact) mass is 803 g/mol. The number of hydrogen-bond donors (Lipinski definition) is 1. The molecule has 0 aromatic heterocycles. The molecule has 0 heterocycles. The zero-order valence-corrected chi connectivity index (χ0v) is 36.7. The van der Waals surface area contributed by atoms with E-state index in [4.69, 9.17) is 9.47 Å². The van der Waals surface area contributed by atoms with Gasteiger partial charge >= 0.3 is 11.9 Å². The predicted octanol–water partition coefficient (Wildman–Crippen LogP) is 14.9. The first-order chi connectivity index (χ1) is 27.3. The molecule has 0 unspecified atom stereocenters. The molecule has 1 rings (SSSR count). The van der Waals surface area contributed by atoms with Crippen LogP contribution in [0.25, 0.3) is 0 Å². The lowest BCUT2D eigenvalue weighted by molar-refractivity contribution is 0.0446. The van der Waals surface area contributed by atoms with Gasteiger partial charge < -0.3 is 9.47 Å². The van der Waals surface area contributed by atoms with Gasteiger partial charge in [-0.3, -0.25) is 4.55 Å². The van der Waals surface area contributed by atoms with E-state index in [1.165, 1.54) is 166 Å². The quantitative estimate of drug-likeness (QED) is 0.0306. The summed E-state index contributed by atoms with van der Waals surface area (Å²) in [6.07, 6.45) is 47.6. The largest absolute Gasteiger partial charge is 0.462 e. The van der Waals surface area contributed by atoms with Crippen LogP contribution in [0.4, 0.5) is 0 Å². The van der Waals surface area contributed by atoms with Crippen molar-refractivity contribution in [2.75, 3.05) is 13.2 Å². The van der Waals surface area contributed by atoms with E-state index < -0.39 is 32.5 Å². The Hall–Kier alpha value is -2.45. The first kappa shape index (κ1) is 51.6. The van der Waals surface area contributed by atoms with Crippen LogP contribution in [0.1, 0.15) is 240 Å². The van der Waals surface area contributed by atoms with Gasteiger partial charge in [0.05, 0.1) is 24.3 Å². The van der Waals surface area contributed by atoms with Gasteiger partial charge in [0.1, 0.15) is 4.90 Å². The first-order valence-electron chi connectivity index (χ1n) is 23.1. The van der Waals surface area contributed by atoms with Gasteiger partial charge in [-0.2, -0.15) is 8.42 Å². The minimum atomic E-state index is -4.77. The van der Waals surface area contributed by atoms with Crippen molar-refractivity contribution < 1.29 is 32.0 Å². The molecule has 0 fully saturated rings. The van der Waals surface area contributed by atoms with Crippen molar-refractivity contribution in [1.29, 1.82) is 0 Å². The lowest BCUT2D eigenvalue weighted by Crippen LogP contribution is -2.19. The number of ether oxygens (including phenoxy) is 2. The van der Waals surface area contributed by atoms with E-state index in [0.29, 0.717) is 12.8 Å². The van der Waals surface area contributed by atoms with Crippen LogP contribution in [0, 0.1) is 0 Å². The van der Waals surface area contributed by atoms with Crippen molar-refractivity contribution in [3.63, 3.8) is 0 Å². The van der Waals surface area contributed by atoms with Gasteiger partial charge in [0.25, 0.3) is 10.1 Å². The molecule has 0 saturated carbocycles. The van der Waals surface area contributed by atoms with Gasteiger partial charge in [0.15, 0.2) is 0 Å². The van der Waals surface area contributed by atoms with Crippen LogP contribution in [0.2, 0.25) is 0 Å². The SMILES string of the molecule is CCCCCC/C=C/CCCCCCCCCCCCOC(=O)c1cccc(S(=O)(=O)O)c1C(=O)OCCCCCCCCCCCC/C=C/CCCCCC. The van der Waals surface area contributed by atoms with Crippen molar-refractivity contribution in [2.24, 2.45) is 0 Å². The minimum absolute atomic E-state index is 0.108. The Labute approximate surface area is 344 Å². The normalized spacial score (nSPS) is 11.9. The zero-order valence-electron chi connectivity index (χ0n) is 35.9. The number of carbonyl (C=O) groups excluding carboxylic acids is 2. The van der Waals surface area contributed by atoms with Crippen LogP contribution in [0.3, 0.4) is 0 Å². The number of unbranched alkanes of at least 4 members (excludes halogenated alkanes) is 28. The second-order valence-corrected chi connectivity index (χ2v) is 17.1. The van der Waals surface area contributed by atoms with E-state index in [0.717, 1.165) is 44.6 Å². The summed E-state index contributed by atoms with van der Waals surface area (Å²) in [5, 5.41) is 0. The Bertz CT molecular complexity index is 1270. The molecule has 0 aliphatic carbocycles. The summed E-state index contributed by atoms with van der Waals surface area (Å²) in [4.78, 5) is 25.4. The maximum atomic E-state index is 13.1. The third kappa shape index (κ3) is 28.9. The van der Waals surface area contributed by atoms with Gasteiger partial charge in [-0.1, -0.05) is 185 Å². The summed E-state index contributed by atoms with van der Waals surface area (Å²) in [5.74, 6) is -1.74. The Balaban J connectivity index is 2.21. The summed E-state index contributed by atoms with van der Waals surface area (Å²) in [6.45, 7) is 4.78. The fraction of sp³-hybridized carbons (Fsp3) is 0.750. The molecular weight excluding hydrogens is 721 g/mol. The summed E-state index contributed by atoms with van der Waals surface area (Å²) >= 11 is 0. The van der Waals surface area contributed by atoms with E-state index in [1.807, 2.05) is 0 Å². The van der Waals surface area contributed by atoms with E-state index in [-0.39, 0.29) is 18.8 Å². The minimum Gasteiger partial charge on any atom is -0.462 e. The van der Waals surface area contributed by atoms with Crippen LogP contribution < -0.4 is 0 Å². The molecule has 0 aliphatic heterocycles. The molecular formula is C48H82O7S. The summed E-state index contributed by atoms with van der Waals surface area (Å²) < 4.78 is 44.9. The number of allylic oxidation sites excluding steroid dienone is 4. The third-order valence-corrected chi connectivity index (χ3v) is 11.4. The average molecular weight is 803 g/mol. The van der Waals surface area contributed by atoms with Crippen LogP contribution >= 0.6 is 0 Å². The van der Waals surface area contributed by atoms with Crippen molar-refractivity contribution in [3.8, 4) is 0 Å². The molecule has 0 saturated heterocycles. The number of hydrogen-bond acceptors (Lipinski definition) is 6. The second kappa shape index (κ2) is 36.9. The predicted molar refractivity (Wildman–Crippen MR) is 234 cm³/mol. The highest BCUT2D eigenvalue weighted by Crippen LogP contribution is 2.23. The highest BCUT2D eigenvalue weighted by molar-refractivity contribution is 7.86. The van der Waals surface area contributed by atoms with Crippen LogP contribution in [-0.2, 0) is 19.6 Å². The highest BCUT2D eigenvalue weighted by atomic mass is 32.2. The van der Waals surface area contributed by atoms with Gasteiger partial charge in [0, 0.05) is 0 Å². The molecule has 0 aliphatic rings. The number of benzene rings is 1. The molecule has 0 spiro atoms. The molecule has 8 heteroatoms. The van der Waals surface area contributed by atoms with E-state index in [1.54, 1.807) is 0 Å². The van der Waals surface area contributed by atoms with Crippen molar-refractivity contribution in [2.45, 2.75) is 224 Å². The molecule has 1 aromatic rings. The van der Waals surface area contributed by atoms with Crippen LogP contribution in [-0.4, -0.2) is 38.1 Å². The summed E-state index contributed by atoms with van der Waals surface area (Å²) in [7, 11) is -4.77. The standard InChI is InChI=1S/C48H82O7S/c1-3-5-7-9-11-13-15-17-19-21-23-25-27-29-31-33-35-37-42-54-47(49)44-40-39-41-45(56(51,52)53)46(44)48(50)55-43-38-36-34-32-30-28-26-24-22-20-18-16-14-12-10-8-6-4-2/h13-16,39-41H,3-12,17-38,42-43H2,1-2H3,(H,51,52,53)/b15-13+,16-14+. The van der Waals surface area contributed by atoms with Crippen molar-refractivity contribution in [3.05, 3.63) is 53.6 Å². The summed E-state index contributed by atoms with van der Waals surface area (Å²) in [6, 6.07) is 3.76. The second-order valence-electron chi connectivity index (χ2n) is 15.7. The molecule has 1 N–H and O–H groups in total. The average Bonchev–Trinajstić information content (AvgIpc) is 3.18. The molecule has 0 amide bonds. The first-order valence-corrected chi connectivity index (χ1v) is 24.5. The topological polar surface area (TPSA) is 107 Å². The summed E-state index contributed by atoms with van der Waals surface area (Å²) in [5.41, 5.74) is -0.675. The third-order valence-electron chi connectivity index (χ3n) is 10.5. The van der Waals surface area contributed by atoms with Gasteiger partial charge in [-0.15, -0.1) is 0 Å². The zero-order chi connectivity index (χ0) is 40.8. The fourth-order valence-corrected chi connectivity index (χ4v) is 7.71. The van der Waals surface area contributed by atoms with Crippen molar-refractivity contribution in [1.82, 2.24) is 0 Å². The molecule has 1 aromatic carbocycles. The lowest BCUT2D eigenvalue weighted by Gasteiger charge is -2.13. The molecule has 322 valence electrons. The van der Waals surface area contributed by atoms with Crippen LogP contribution in [0.15, 0.2) is 47.4 Å². The highest BCUT2D eigenvalue weighted by Gasteiger charge is 2.28. The Morgan fingerprint density at radius 2 is 0.804 bits per heavy atom. The van der Waals surface area contributed by atoms with Gasteiger partial charge in [-0.05, 0) is 76.3 Å². The molecule has 0 radical (unpaired) electrons. The molecule has 0 bridgehead atoms. The Morgan fingerprint density at radius 1 is 0.482 bits per heavy atom. The fourth-order valence-electron chi connectivity index (χ4n) is 7.01. The van der Waals surface area contributed by atoms with E-state index in [2.05, 4.69) is 38.2 Å². The Morgan fingerprint density at radius 3 is 1.16 bits per heavy atom. The maximum Gasteiger partial charge on any atom is 0.340 e. The maximum absolute atomic E-state index is 13.1. The van der Waals surface area contributed by atoms with Crippen molar-refractivity contribution >= 4 is 22.1 Å². The van der Waals surface area contributed by atoms with Crippen LogP contribution in [0.5, 0.6) is 0 Å². The smallest absolute Gasteiger partial charge is 0.340 e. The molecule has 56 heavy (non-hydrogen) atoms. The molecule has 0 atom stereocenters. The number of rotatable bonds is 39. The number of carbonyl (C=O) groups is 2. The Kier molecular flexibility index (Phi) is 33.9. The van der Waals surface area contributed by atoms with Gasteiger partial charge in [0.2, 0.25) is 0 Å². The van der Waals surface area contributed by atoms with E-state index >= 15 is 0 Å².